The van der Waals surface area contributed by atoms with Crippen molar-refractivity contribution >= 4 is 27.2 Å². The normalized spacial score (nSPS) is 14.2. The number of carbonyl (C=O) groups excluding carboxylic acids is 1. The van der Waals surface area contributed by atoms with E-state index < -0.39 is 5.82 Å². The molecule has 4 aromatic rings. The van der Waals surface area contributed by atoms with E-state index in [-0.39, 0.29) is 24.1 Å². The Kier molecular flexibility index (Phi) is 7.03. The molecule has 1 aliphatic heterocycles. The number of halogens is 2. The molecule has 1 N–H and O–H groups in total. The third kappa shape index (κ3) is 5.13. The van der Waals surface area contributed by atoms with Gasteiger partial charge in [0.2, 0.25) is 5.78 Å². The fourth-order valence-electron chi connectivity index (χ4n) is 4.62. The summed E-state index contributed by atoms with van der Waals surface area (Å²) in [5.74, 6) is 0.704. The molecule has 0 radical (unpaired) electrons. The van der Waals surface area contributed by atoms with E-state index >= 15 is 0 Å². The third-order valence-corrected chi connectivity index (χ3v) is 7.73. The molecule has 3 aromatic carbocycles. The Balaban J connectivity index is 1.35. The molecule has 5 rings (SSSR count). The fraction of sp³-hybridized carbons (Fsp3) is 0.276. The molecule has 7 heteroatoms. The van der Waals surface area contributed by atoms with Gasteiger partial charge in [0, 0.05) is 34.7 Å². The number of hydrogen-bond acceptors (Lipinski definition) is 5. The Bertz CT molecular complexity index is 1390. The molecule has 0 saturated carbocycles. The van der Waals surface area contributed by atoms with E-state index in [1.54, 1.807) is 25.1 Å². The third-order valence-electron chi connectivity index (χ3n) is 6.60. The number of likely N-dealkylation sites (tertiary alicyclic amines) is 1. The molecule has 1 saturated heterocycles. The number of ketones is 1. The molecule has 36 heavy (non-hydrogen) atoms. The molecule has 4 nitrogen and oxygen atoms in total. The lowest BCUT2D eigenvalue weighted by Gasteiger charge is -2.37. The average molecular weight is 508 g/mol. The maximum absolute atomic E-state index is 13.6. The number of rotatable bonds is 9. The van der Waals surface area contributed by atoms with E-state index in [0.717, 1.165) is 42.6 Å². The summed E-state index contributed by atoms with van der Waals surface area (Å²) in [6.07, 6.45) is 1.93. The summed E-state index contributed by atoms with van der Waals surface area (Å²) < 4.78 is 33.2. The lowest BCUT2D eigenvalue weighted by atomic mass is 10.0. The van der Waals surface area contributed by atoms with Gasteiger partial charge in [0.05, 0.1) is 6.67 Å². The summed E-state index contributed by atoms with van der Waals surface area (Å²) in [5.41, 5.74) is 2.14. The summed E-state index contributed by atoms with van der Waals surface area (Å²) in [6.45, 7) is 4.16. The SMILES string of the molecule is Cc1cc(F)ccc1C(=O)c1sc2cc(O)ccc2c1Oc1ccc(CCCN2CC(CF)C2)cc1. The predicted molar refractivity (Wildman–Crippen MR) is 139 cm³/mol. The zero-order valence-electron chi connectivity index (χ0n) is 20.0. The molecule has 0 bridgehead atoms. The Hall–Kier alpha value is -3.29. The smallest absolute Gasteiger partial charge is 0.207 e. The van der Waals surface area contributed by atoms with E-state index in [9.17, 15) is 18.7 Å². The number of phenols is 1. The zero-order chi connectivity index (χ0) is 25.2. The second-order valence-electron chi connectivity index (χ2n) is 9.36. The van der Waals surface area contributed by atoms with Gasteiger partial charge in [0.1, 0.15) is 22.2 Å². The van der Waals surface area contributed by atoms with Crippen LogP contribution in [0.4, 0.5) is 8.78 Å². The predicted octanol–water partition coefficient (Wildman–Crippen LogP) is 6.91. The summed E-state index contributed by atoms with van der Waals surface area (Å²) in [7, 11) is 0. The number of phenolic OH excluding ortho intramolecular Hbond substituents is 1. The molecule has 186 valence electrons. The maximum Gasteiger partial charge on any atom is 0.207 e. The van der Waals surface area contributed by atoms with Crippen molar-refractivity contribution in [2.24, 2.45) is 5.92 Å². The molecule has 0 spiro atoms. The highest BCUT2D eigenvalue weighted by molar-refractivity contribution is 7.21. The first-order valence-corrected chi connectivity index (χ1v) is 12.8. The summed E-state index contributed by atoms with van der Waals surface area (Å²) in [4.78, 5) is 16.1. The van der Waals surface area contributed by atoms with Crippen molar-refractivity contribution in [1.29, 1.82) is 0 Å². The van der Waals surface area contributed by atoms with Crippen molar-refractivity contribution < 1.29 is 23.4 Å². The van der Waals surface area contributed by atoms with Crippen molar-refractivity contribution in [3.05, 3.63) is 88.0 Å². The molecule has 1 fully saturated rings. The molecule has 0 unspecified atom stereocenters. The van der Waals surface area contributed by atoms with Gasteiger partial charge >= 0.3 is 0 Å². The van der Waals surface area contributed by atoms with Crippen LogP contribution in [0.2, 0.25) is 0 Å². The van der Waals surface area contributed by atoms with Gasteiger partial charge in [-0.15, -0.1) is 11.3 Å². The number of aromatic hydroxyl groups is 1. The molecule has 0 atom stereocenters. The monoisotopic (exact) mass is 507 g/mol. The zero-order valence-corrected chi connectivity index (χ0v) is 20.8. The molecule has 1 aliphatic rings. The van der Waals surface area contributed by atoms with Gasteiger partial charge in [-0.25, -0.2) is 4.39 Å². The highest BCUT2D eigenvalue weighted by Gasteiger charge is 2.26. The first-order chi connectivity index (χ1) is 17.4. The number of aryl methyl sites for hydroxylation is 2. The van der Waals surface area contributed by atoms with Crippen LogP contribution >= 0.6 is 11.3 Å². The molecular formula is C29H27F2NO3S. The van der Waals surface area contributed by atoms with Gasteiger partial charge in [-0.1, -0.05) is 12.1 Å². The van der Waals surface area contributed by atoms with Crippen LogP contribution in [0.25, 0.3) is 10.1 Å². The number of hydrogen-bond donors (Lipinski definition) is 1. The fourth-order valence-corrected chi connectivity index (χ4v) is 5.74. The number of benzene rings is 3. The minimum absolute atomic E-state index is 0.107. The van der Waals surface area contributed by atoms with E-state index in [4.69, 9.17) is 4.74 Å². The first kappa shape index (κ1) is 24.4. The largest absolute Gasteiger partial charge is 0.508 e. The second kappa shape index (κ2) is 10.4. The van der Waals surface area contributed by atoms with Crippen LogP contribution in [-0.4, -0.2) is 42.1 Å². The standard InChI is InChI=1S/C29H27F2NO3S/c1-18-13-21(31)6-10-24(18)27(34)29-28(25-11-7-22(33)14-26(25)36-29)35-23-8-4-19(5-9-23)3-2-12-32-16-20(15-30)17-32/h4-11,13-14,20,33H,2-3,12,15-17H2,1H3. The van der Waals surface area contributed by atoms with Crippen LogP contribution in [0.3, 0.4) is 0 Å². The number of fused-ring (bicyclic) bond motifs is 1. The van der Waals surface area contributed by atoms with Gasteiger partial charge in [0.25, 0.3) is 0 Å². The van der Waals surface area contributed by atoms with Gasteiger partial charge in [-0.05, 0) is 86.0 Å². The number of thiophene rings is 1. The number of ether oxygens (including phenoxy) is 1. The van der Waals surface area contributed by atoms with Crippen molar-refractivity contribution in [3.63, 3.8) is 0 Å². The van der Waals surface area contributed by atoms with Crippen molar-refractivity contribution in [1.82, 2.24) is 4.90 Å². The molecule has 1 aromatic heterocycles. The first-order valence-electron chi connectivity index (χ1n) is 12.0. The van der Waals surface area contributed by atoms with Crippen LogP contribution in [0.1, 0.15) is 32.8 Å². The van der Waals surface area contributed by atoms with E-state index in [1.165, 1.54) is 35.1 Å². The van der Waals surface area contributed by atoms with Crippen LogP contribution < -0.4 is 4.74 Å². The van der Waals surface area contributed by atoms with Crippen LogP contribution in [0.5, 0.6) is 17.2 Å². The lowest BCUT2D eigenvalue weighted by molar-refractivity contribution is 0.0801. The van der Waals surface area contributed by atoms with E-state index in [0.29, 0.717) is 27.5 Å². The number of alkyl halides is 1. The lowest BCUT2D eigenvalue weighted by Crippen LogP contribution is -2.47. The van der Waals surface area contributed by atoms with Crippen molar-refractivity contribution in [2.75, 3.05) is 26.3 Å². The van der Waals surface area contributed by atoms with Gasteiger partial charge in [0.15, 0.2) is 5.75 Å². The Labute approximate surface area is 212 Å². The minimum atomic E-state index is -0.393. The molecule has 0 amide bonds. The minimum Gasteiger partial charge on any atom is -0.508 e. The quantitative estimate of drug-likeness (QED) is 0.250. The highest BCUT2D eigenvalue weighted by Crippen LogP contribution is 2.43. The summed E-state index contributed by atoms with van der Waals surface area (Å²) >= 11 is 1.24. The molecule has 0 aliphatic carbocycles. The maximum atomic E-state index is 13.6. The Morgan fingerprint density at radius 2 is 1.89 bits per heavy atom. The second-order valence-corrected chi connectivity index (χ2v) is 10.4. The highest BCUT2D eigenvalue weighted by atomic mass is 32.1. The van der Waals surface area contributed by atoms with Crippen molar-refractivity contribution in [3.8, 4) is 17.2 Å². The van der Waals surface area contributed by atoms with Crippen molar-refractivity contribution in [2.45, 2.75) is 19.8 Å². The van der Waals surface area contributed by atoms with Crippen LogP contribution in [0.15, 0.2) is 60.7 Å². The van der Waals surface area contributed by atoms with Crippen LogP contribution in [-0.2, 0) is 6.42 Å². The Morgan fingerprint density at radius 1 is 1.11 bits per heavy atom. The summed E-state index contributed by atoms with van der Waals surface area (Å²) in [5, 5.41) is 10.7. The summed E-state index contributed by atoms with van der Waals surface area (Å²) in [6, 6.07) is 16.8. The number of nitrogens with zero attached hydrogens (tertiary/aromatic N) is 1. The van der Waals surface area contributed by atoms with E-state index in [1.807, 2.05) is 24.3 Å². The average Bonchev–Trinajstić information content (AvgIpc) is 3.18. The topological polar surface area (TPSA) is 49.8 Å². The van der Waals surface area contributed by atoms with Gasteiger partial charge in [-0.3, -0.25) is 9.18 Å². The van der Waals surface area contributed by atoms with Gasteiger partial charge in [-0.2, -0.15) is 0 Å². The van der Waals surface area contributed by atoms with Gasteiger partial charge < -0.3 is 14.7 Å². The molecular weight excluding hydrogens is 480 g/mol. The molecule has 2 heterocycles. The number of carbonyl (C=O) groups is 1. The Morgan fingerprint density at radius 3 is 2.61 bits per heavy atom. The van der Waals surface area contributed by atoms with Crippen LogP contribution in [0, 0.1) is 18.7 Å². The van der Waals surface area contributed by atoms with E-state index in [2.05, 4.69) is 4.90 Å².